The average molecular weight is 275 g/mol. The first-order chi connectivity index (χ1) is 8.36. The van der Waals surface area contributed by atoms with Crippen molar-refractivity contribution in [2.24, 2.45) is 11.8 Å². The molecule has 0 bridgehead atoms. The summed E-state index contributed by atoms with van der Waals surface area (Å²) in [7, 11) is -2.96. The number of nitrogens with one attached hydrogen (secondary N) is 1. The SMILES string of the molecule is CCCNC1CCC(C)CC1S(=O)(=O)CC(C)C. The van der Waals surface area contributed by atoms with Gasteiger partial charge in [-0.25, -0.2) is 8.42 Å². The third-order valence-corrected chi connectivity index (χ3v) is 6.31. The molecule has 18 heavy (non-hydrogen) atoms. The zero-order chi connectivity index (χ0) is 13.8. The van der Waals surface area contributed by atoms with Crippen molar-refractivity contribution in [2.45, 2.75) is 64.7 Å². The van der Waals surface area contributed by atoms with E-state index in [9.17, 15) is 8.42 Å². The minimum Gasteiger partial charge on any atom is -0.313 e. The van der Waals surface area contributed by atoms with E-state index in [-0.39, 0.29) is 17.2 Å². The summed E-state index contributed by atoms with van der Waals surface area (Å²) in [6.45, 7) is 9.19. The molecule has 1 saturated carbocycles. The molecule has 0 aromatic carbocycles. The highest BCUT2D eigenvalue weighted by molar-refractivity contribution is 7.92. The minimum absolute atomic E-state index is 0.171. The van der Waals surface area contributed by atoms with Crippen LogP contribution in [-0.2, 0) is 9.84 Å². The first kappa shape index (κ1) is 16.0. The molecule has 1 aliphatic carbocycles. The summed E-state index contributed by atoms with van der Waals surface area (Å²) in [5.41, 5.74) is 0. The molecule has 1 N–H and O–H groups in total. The van der Waals surface area contributed by atoms with Gasteiger partial charge in [-0.15, -0.1) is 0 Å². The second kappa shape index (κ2) is 6.90. The largest absolute Gasteiger partial charge is 0.313 e. The highest BCUT2D eigenvalue weighted by atomic mass is 32.2. The topological polar surface area (TPSA) is 46.2 Å². The molecular weight excluding hydrogens is 246 g/mol. The second-order valence-corrected chi connectivity index (χ2v) is 8.51. The minimum atomic E-state index is -2.96. The lowest BCUT2D eigenvalue weighted by atomic mass is 9.87. The van der Waals surface area contributed by atoms with Gasteiger partial charge in [-0.3, -0.25) is 0 Å². The Kier molecular flexibility index (Phi) is 6.12. The van der Waals surface area contributed by atoms with E-state index in [0.717, 1.165) is 32.2 Å². The van der Waals surface area contributed by atoms with Gasteiger partial charge in [-0.2, -0.15) is 0 Å². The van der Waals surface area contributed by atoms with Gasteiger partial charge >= 0.3 is 0 Å². The van der Waals surface area contributed by atoms with Crippen molar-refractivity contribution in [1.82, 2.24) is 5.32 Å². The van der Waals surface area contributed by atoms with Crippen LogP contribution in [0.2, 0.25) is 0 Å². The van der Waals surface area contributed by atoms with E-state index in [1.165, 1.54) is 0 Å². The third-order valence-electron chi connectivity index (χ3n) is 3.74. The maximum absolute atomic E-state index is 12.5. The molecule has 0 amide bonds. The predicted octanol–water partition coefficient (Wildman–Crippen LogP) is 2.61. The Hall–Kier alpha value is -0.0900. The summed E-state index contributed by atoms with van der Waals surface area (Å²) in [5, 5.41) is 3.27. The van der Waals surface area contributed by atoms with Gasteiger partial charge in [-0.1, -0.05) is 27.7 Å². The van der Waals surface area contributed by atoms with E-state index in [2.05, 4.69) is 19.2 Å². The fourth-order valence-electron chi connectivity index (χ4n) is 2.88. The van der Waals surface area contributed by atoms with Crippen LogP contribution in [0.5, 0.6) is 0 Å². The van der Waals surface area contributed by atoms with Crippen LogP contribution in [0.15, 0.2) is 0 Å². The zero-order valence-corrected chi connectivity index (χ0v) is 13.1. The Balaban J connectivity index is 2.77. The molecule has 0 radical (unpaired) electrons. The highest BCUT2D eigenvalue weighted by Gasteiger charge is 2.37. The van der Waals surface area contributed by atoms with Gasteiger partial charge < -0.3 is 5.32 Å². The molecule has 3 atom stereocenters. The lowest BCUT2D eigenvalue weighted by molar-refractivity contribution is 0.308. The Labute approximate surface area is 113 Å². The molecule has 1 fully saturated rings. The molecular formula is C14H29NO2S. The van der Waals surface area contributed by atoms with E-state index < -0.39 is 9.84 Å². The third kappa shape index (κ3) is 4.54. The van der Waals surface area contributed by atoms with E-state index >= 15 is 0 Å². The Morgan fingerprint density at radius 3 is 2.50 bits per heavy atom. The summed E-state index contributed by atoms with van der Waals surface area (Å²) in [4.78, 5) is 0. The maximum Gasteiger partial charge on any atom is 0.154 e. The molecule has 0 aromatic rings. The van der Waals surface area contributed by atoms with Crippen molar-refractivity contribution in [1.29, 1.82) is 0 Å². The molecule has 3 unspecified atom stereocenters. The molecule has 1 rings (SSSR count). The van der Waals surface area contributed by atoms with Crippen LogP contribution in [-0.4, -0.2) is 32.0 Å². The average Bonchev–Trinajstić information content (AvgIpc) is 2.25. The quantitative estimate of drug-likeness (QED) is 0.810. The highest BCUT2D eigenvalue weighted by Crippen LogP contribution is 2.30. The van der Waals surface area contributed by atoms with Crippen molar-refractivity contribution >= 4 is 9.84 Å². The zero-order valence-electron chi connectivity index (χ0n) is 12.3. The van der Waals surface area contributed by atoms with Crippen LogP contribution in [0.4, 0.5) is 0 Å². The summed E-state index contributed by atoms with van der Waals surface area (Å²) in [6, 6.07) is 0.171. The van der Waals surface area contributed by atoms with Crippen LogP contribution < -0.4 is 5.32 Å². The van der Waals surface area contributed by atoms with Gasteiger partial charge in [0, 0.05) is 6.04 Å². The molecule has 0 spiro atoms. The van der Waals surface area contributed by atoms with Crippen LogP contribution in [0.1, 0.15) is 53.4 Å². The molecule has 108 valence electrons. The predicted molar refractivity (Wildman–Crippen MR) is 77.5 cm³/mol. The standard InChI is InChI=1S/C14H29NO2S/c1-5-8-15-13-7-6-12(4)9-14(13)18(16,17)10-11(2)3/h11-15H,5-10H2,1-4H3. The van der Waals surface area contributed by atoms with Gasteiger partial charge in [0.25, 0.3) is 0 Å². The number of sulfone groups is 1. The summed E-state index contributed by atoms with van der Waals surface area (Å²) >= 11 is 0. The van der Waals surface area contributed by atoms with Crippen LogP contribution in [0, 0.1) is 11.8 Å². The molecule has 1 aliphatic rings. The molecule has 0 saturated heterocycles. The van der Waals surface area contributed by atoms with Crippen LogP contribution in [0.25, 0.3) is 0 Å². The summed E-state index contributed by atoms with van der Waals surface area (Å²) in [6.07, 6.45) is 4.04. The van der Waals surface area contributed by atoms with Crippen molar-refractivity contribution in [2.75, 3.05) is 12.3 Å². The van der Waals surface area contributed by atoms with E-state index in [4.69, 9.17) is 0 Å². The first-order valence-corrected chi connectivity index (χ1v) is 9.03. The lowest BCUT2D eigenvalue weighted by Crippen LogP contribution is -2.49. The molecule has 0 aliphatic heterocycles. The number of hydrogen-bond acceptors (Lipinski definition) is 3. The lowest BCUT2D eigenvalue weighted by Gasteiger charge is -2.35. The van der Waals surface area contributed by atoms with Crippen molar-refractivity contribution in [3.63, 3.8) is 0 Å². The first-order valence-electron chi connectivity index (χ1n) is 7.31. The maximum atomic E-state index is 12.5. The van der Waals surface area contributed by atoms with Gasteiger partial charge in [0.15, 0.2) is 9.84 Å². The van der Waals surface area contributed by atoms with Gasteiger partial charge in [-0.05, 0) is 44.1 Å². The Bertz CT molecular complexity index is 336. The fourth-order valence-corrected chi connectivity index (χ4v) is 5.41. The normalized spacial score (nSPS) is 29.7. The number of hydrogen-bond donors (Lipinski definition) is 1. The summed E-state index contributed by atoms with van der Waals surface area (Å²) in [5.74, 6) is 1.09. The van der Waals surface area contributed by atoms with E-state index in [1.807, 2.05) is 13.8 Å². The van der Waals surface area contributed by atoms with Gasteiger partial charge in [0.2, 0.25) is 0 Å². The Morgan fingerprint density at radius 1 is 1.28 bits per heavy atom. The van der Waals surface area contributed by atoms with E-state index in [0.29, 0.717) is 11.7 Å². The Morgan fingerprint density at radius 2 is 1.94 bits per heavy atom. The number of rotatable bonds is 6. The van der Waals surface area contributed by atoms with Crippen LogP contribution in [0.3, 0.4) is 0 Å². The molecule has 3 nitrogen and oxygen atoms in total. The van der Waals surface area contributed by atoms with Gasteiger partial charge in [0.1, 0.15) is 0 Å². The van der Waals surface area contributed by atoms with Gasteiger partial charge in [0.05, 0.1) is 11.0 Å². The monoisotopic (exact) mass is 275 g/mol. The second-order valence-electron chi connectivity index (χ2n) is 6.24. The smallest absolute Gasteiger partial charge is 0.154 e. The summed E-state index contributed by atoms with van der Waals surface area (Å²) < 4.78 is 25.0. The molecule has 4 heteroatoms. The fraction of sp³-hybridized carbons (Fsp3) is 1.00. The van der Waals surface area contributed by atoms with E-state index in [1.54, 1.807) is 0 Å². The van der Waals surface area contributed by atoms with Crippen LogP contribution >= 0.6 is 0 Å². The van der Waals surface area contributed by atoms with Crippen molar-refractivity contribution in [3.8, 4) is 0 Å². The van der Waals surface area contributed by atoms with Crippen molar-refractivity contribution in [3.05, 3.63) is 0 Å². The van der Waals surface area contributed by atoms with Crippen molar-refractivity contribution < 1.29 is 8.42 Å². The molecule has 0 aromatic heterocycles. The molecule has 0 heterocycles.